The highest BCUT2D eigenvalue weighted by Gasteiger charge is 2.19. The van der Waals surface area contributed by atoms with Crippen LogP contribution < -0.4 is 0 Å². The normalized spacial score (nSPS) is 12.7. The summed E-state index contributed by atoms with van der Waals surface area (Å²) in [6.45, 7) is 6.54. The maximum atomic E-state index is 12.8. The van der Waals surface area contributed by atoms with Gasteiger partial charge in [-0.2, -0.15) is 0 Å². The third-order valence-corrected chi connectivity index (χ3v) is 12.3. The molecule has 0 saturated carbocycles. The molecular formula is C63H108O6. The van der Waals surface area contributed by atoms with Crippen LogP contribution in [-0.4, -0.2) is 37.2 Å². The molecule has 0 spiro atoms. The number of carbonyl (C=O) groups is 3. The molecule has 0 aliphatic carbocycles. The van der Waals surface area contributed by atoms with Crippen molar-refractivity contribution in [1.29, 1.82) is 0 Å². The van der Waals surface area contributed by atoms with Gasteiger partial charge in [0.05, 0.1) is 0 Å². The van der Waals surface area contributed by atoms with Gasteiger partial charge in [-0.25, -0.2) is 0 Å². The zero-order valence-corrected chi connectivity index (χ0v) is 45.3. The van der Waals surface area contributed by atoms with Crippen molar-refractivity contribution in [2.75, 3.05) is 13.2 Å². The molecule has 0 aromatic heterocycles. The van der Waals surface area contributed by atoms with Crippen LogP contribution in [0.3, 0.4) is 0 Å². The first-order valence-corrected chi connectivity index (χ1v) is 29.1. The SMILES string of the molecule is CCCCC/C=C\C/C=C\C/C=C\C/C=C\CCCC(=O)O[C@@H](COC(=O)CCCCCCCCC/C=C\CCCCCC)COC(=O)CCCCCCCCCCC/C=C\C/C=C\CCCCC. The van der Waals surface area contributed by atoms with Crippen molar-refractivity contribution < 1.29 is 28.6 Å². The molecular weight excluding hydrogens is 853 g/mol. The Bertz CT molecular complexity index is 1330. The van der Waals surface area contributed by atoms with Crippen LogP contribution in [0.5, 0.6) is 0 Å². The van der Waals surface area contributed by atoms with Crippen LogP contribution in [0.25, 0.3) is 0 Å². The van der Waals surface area contributed by atoms with Crippen molar-refractivity contribution in [1.82, 2.24) is 0 Å². The minimum absolute atomic E-state index is 0.101. The summed E-state index contributed by atoms with van der Waals surface area (Å²) in [7, 11) is 0. The number of rotatable bonds is 52. The zero-order chi connectivity index (χ0) is 50.0. The predicted molar refractivity (Wildman–Crippen MR) is 297 cm³/mol. The third kappa shape index (κ3) is 55.4. The highest BCUT2D eigenvalue weighted by atomic mass is 16.6. The number of hydrogen-bond donors (Lipinski definition) is 0. The summed E-state index contributed by atoms with van der Waals surface area (Å²) in [5, 5.41) is 0. The summed E-state index contributed by atoms with van der Waals surface area (Å²) < 4.78 is 16.8. The minimum atomic E-state index is -0.809. The lowest BCUT2D eigenvalue weighted by atomic mass is 10.1. The van der Waals surface area contributed by atoms with Crippen LogP contribution in [0.4, 0.5) is 0 Å². The summed E-state index contributed by atoms with van der Waals surface area (Å²) in [6, 6.07) is 0. The summed E-state index contributed by atoms with van der Waals surface area (Å²) in [6.07, 6.45) is 74.3. The lowest BCUT2D eigenvalue weighted by Crippen LogP contribution is -2.30. The van der Waals surface area contributed by atoms with Gasteiger partial charge >= 0.3 is 17.9 Å². The Labute approximate surface area is 426 Å². The predicted octanol–water partition coefficient (Wildman–Crippen LogP) is 19.5. The average molecular weight is 962 g/mol. The van der Waals surface area contributed by atoms with E-state index in [1.165, 1.54) is 161 Å². The molecule has 1 atom stereocenters. The monoisotopic (exact) mass is 961 g/mol. The molecule has 0 unspecified atom stereocenters. The second kappa shape index (κ2) is 57.2. The number of hydrogen-bond acceptors (Lipinski definition) is 6. The zero-order valence-electron chi connectivity index (χ0n) is 45.3. The Morgan fingerprint density at radius 2 is 0.536 bits per heavy atom. The first kappa shape index (κ1) is 65.6. The molecule has 396 valence electrons. The Morgan fingerprint density at radius 3 is 0.899 bits per heavy atom. The average Bonchev–Trinajstić information content (AvgIpc) is 3.35. The molecule has 0 amide bonds. The second-order valence-corrected chi connectivity index (χ2v) is 19.2. The van der Waals surface area contributed by atoms with Gasteiger partial charge in [0.15, 0.2) is 6.10 Å². The van der Waals surface area contributed by atoms with E-state index < -0.39 is 6.10 Å². The van der Waals surface area contributed by atoms with Gasteiger partial charge in [0.2, 0.25) is 0 Å². The molecule has 0 saturated heterocycles. The van der Waals surface area contributed by atoms with Crippen LogP contribution in [0, 0.1) is 0 Å². The van der Waals surface area contributed by atoms with Crippen molar-refractivity contribution in [2.45, 2.75) is 284 Å². The van der Waals surface area contributed by atoms with Gasteiger partial charge in [0.1, 0.15) is 13.2 Å². The van der Waals surface area contributed by atoms with Crippen molar-refractivity contribution in [3.63, 3.8) is 0 Å². The highest BCUT2D eigenvalue weighted by Crippen LogP contribution is 2.15. The van der Waals surface area contributed by atoms with E-state index in [-0.39, 0.29) is 37.5 Å². The lowest BCUT2D eigenvalue weighted by molar-refractivity contribution is -0.167. The van der Waals surface area contributed by atoms with Crippen LogP contribution in [0.1, 0.15) is 278 Å². The summed E-state index contributed by atoms with van der Waals surface area (Å²) in [5.74, 6) is -0.961. The molecule has 0 aromatic rings. The lowest BCUT2D eigenvalue weighted by Gasteiger charge is -2.18. The number of ether oxygens (including phenoxy) is 3. The Hall–Kier alpha value is -3.41. The Kier molecular flexibility index (Phi) is 54.3. The van der Waals surface area contributed by atoms with Crippen molar-refractivity contribution in [3.8, 4) is 0 Å². The standard InChI is InChI=1S/C63H108O6/c1-4-7-10-13-16-19-22-25-28-30-31-33-35-38-41-44-47-50-53-56-62(65)68-59-60(58-67-61(64)55-52-49-46-43-40-37-34-27-24-21-18-15-12-9-6-3)69-63(66)57-54-51-48-45-42-39-36-32-29-26-23-20-17-14-11-8-5-2/h16-17,19-21,24-26,28-29,36,39,45,48,60H,4-15,18,22-23,27,30-35,37-38,40-44,46-47,49-59H2,1-3H3/b19-16-,20-17-,24-21-,28-25-,29-26-,39-36-,48-45-/t60-/m0/s1. The Balaban J connectivity index is 4.46. The maximum Gasteiger partial charge on any atom is 0.306 e. The number of carbonyl (C=O) groups excluding carboxylic acids is 3. The summed E-state index contributed by atoms with van der Waals surface area (Å²) >= 11 is 0. The van der Waals surface area contributed by atoms with Gasteiger partial charge in [0, 0.05) is 19.3 Å². The molecule has 0 heterocycles. The van der Waals surface area contributed by atoms with Gasteiger partial charge in [-0.05, 0) is 116 Å². The smallest absolute Gasteiger partial charge is 0.306 e. The molecule has 0 N–H and O–H groups in total. The summed E-state index contributed by atoms with van der Waals surface area (Å²) in [5.41, 5.74) is 0. The van der Waals surface area contributed by atoms with Crippen molar-refractivity contribution in [3.05, 3.63) is 85.1 Å². The van der Waals surface area contributed by atoms with Gasteiger partial charge < -0.3 is 14.2 Å². The molecule has 0 fully saturated rings. The van der Waals surface area contributed by atoms with E-state index in [1.54, 1.807) is 0 Å². The Morgan fingerprint density at radius 1 is 0.290 bits per heavy atom. The maximum absolute atomic E-state index is 12.8. The molecule has 6 nitrogen and oxygen atoms in total. The highest BCUT2D eigenvalue weighted by molar-refractivity contribution is 5.71. The molecule has 0 bridgehead atoms. The van der Waals surface area contributed by atoms with Crippen molar-refractivity contribution >= 4 is 17.9 Å². The molecule has 0 rings (SSSR count). The topological polar surface area (TPSA) is 78.9 Å². The quantitative estimate of drug-likeness (QED) is 0.0262. The first-order chi connectivity index (χ1) is 34.0. The molecule has 6 heteroatoms. The van der Waals surface area contributed by atoms with E-state index in [0.717, 1.165) is 70.6 Å². The van der Waals surface area contributed by atoms with E-state index >= 15 is 0 Å². The van der Waals surface area contributed by atoms with Crippen LogP contribution in [0.2, 0.25) is 0 Å². The van der Waals surface area contributed by atoms with Gasteiger partial charge in [-0.15, -0.1) is 0 Å². The minimum Gasteiger partial charge on any atom is -0.462 e. The van der Waals surface area contributed by atoms with Gasteiger partial charge in [-0.1, -0.05) is 228 Å². The van der Waals surface area contributed by atoms with Gasteiger partial charge in [-0.3, -0.25) is 14.4 Å². The van der Waals surface area contributed by atoms with Crippen molar-refractivity contribution in [2.24, 2.45) is 0 Å². The van der Waals surface area contributed by atoms with E-state index in [0.29, 0.717) is 19.3 Å². The van der Waals surface area contributed by atoms with Gasteiger partial charge in [0.25, 0.3) is 0 Å². The largest absolute Gasteiger partial charge is 0.462 e. The molecule has 0 aliphatic rings. The van der Waals surface area contributed by atoms with E-state index in [1.807, 2.05) is 0 Å². The number of allylic oxidation sites excluding steroid dienone is 14. The molecule has 69 heavy (non-hydrogen) atoms. The van der Waals surface area contributed by atoms with E-state index in [4.69, 9.17) is 14.2 Å². The summed E-state index contributed by atoms with van der Waals surface area (Å²) in [4.78, 5) is 38.2. The van der Waals surface area contributed by atoms with Crippen LogP contribution in [0.15, 0.2) is 85.1 Å². The number of unbranched alkanes of at least 4 members (excludes halogenated alkanes) is 27. The molecule has 0 aromatic carbocycles. The van der Waals surface area contributed by atoms with E-state index in [2.05, 4.69) is 106 Å². The fourth-order valence-electron chi connectivity index (χ4n) is 7.93. The molecule has 0 aliphatic heterocycles. The van der Waals surface area contributed by atoms with E-state index in [9.17, 15) is 14.4 Å². The number of esters is 3. The second-order valence-electron chi connectivity index (χ2n) is 19.2. The fraction of sp³-hybridized carbons (Fsp3) is 0.730. The first-order valence-electron chi connectivity index (χ1n) is 29.1. The van der Waals surface area contributed by atoms with Crippen LogP contribution >= 0.6 is 0 Å². The fourth-order valence-corrected chi connectivity index (χ4v) is 7.93. The van der Waals surface area contributed by atoms with Crippen LogP contribution in [-0.2, 0) is 28.6 Å². The molecule has 0 radical (unpaired) electrons. The third-order valence-electron chi connectivity index (χ3n) is 12.3.